The van der Waals surface area contributed by atoms with Crippen LogP contribution in [0.25, 0.3) is 0 Å². The lowest BCUT2D eigenvalue weighted by atomic mass is 10.0. The van der Waals surface area contributed by atoms with E-state index in [1.54, 1.807) is 0 Å². The van der Waals surface area contributed by atoms with Crippen LogP contribution in [0, 0.1) is 0 Å². The van der Waals surface area contributed by atoms with Gasteiger partial charge in [0.05, 0.1) is 0 Å². The molecule has 0 rings (SSSR count). The summed E-state index contributed by atoms with van der Waals surface area (Å²) in [4.78, 5) is 0. The van der Waals surface area contributed by atoms with Crippen molar-refractivity contribution in [2.24, 2.45) is 0 Å². The van der Waals surface area contributed by atoms with Crippen LogP contribution in [0.4, 0.5) is 0 Å². The van der Waals surface area contributed by atoms with Gasteiger partial charge in [0.2, 0.25) is 0 Å². The summed E-state index contributed by atoms with van der Waals surface area (Å²) in [7, 11) is 0. The molecule has 0 saturated heterocycles. The maximum atomic E-state index is 5.93. The van der Waals surface area contributed by atoms with Gasteiger partial charge in [-0.15, -0.1) is 0 Å². The lowest BCUT2D eigenvalue weighted by Crippen LogP contribution is -1.97. The molecule has 0 unspecified atom stereocenters. The van der Waals surface area contributed by atoms with Crippen molar-refractivity contribution in [3.8, 4) is 0 Å². The molecule has 0 amide bonds. The second-order valence-electron chi connectivity index (χ2n) is 17.2. The highest BCUT2D eigenvalue weighted by atomic mass is 16.5. The first-order valence-electron chi connectivity index (χ1n) is 25.0. The minimum atomic E-state index is 0.998. The summed E-state index contributed by atoms with van der Waals surface area (Å²) in [6.45, 7) is 6.62. The number of ether oxygens (including phenoxy) is 1. The van der Waals surface area contributed by atoms with E-state index in [1.165, 1.54) is 295 Å². The zero-order chi connectivity index (χ0) is 36.6. The first-order chi connectivity index (χ1) is 25.4. The third-order valence-electron chi connectivity index (χ3n) is 11.8. The molecule has 0 spiro atoms. The average Bonchev–Trinajstić information content (AvgIpc) is 3.14. The van der Waals surface area contributed by atoms with Crippen molar-refractivity contribution in [3.63, 3.8) is 0 Å². The van der Waals surface area contributed by atoms with Gasteiger partial charge in [0, 0.05) is 13.2 Å². The summed E-state index contributed by atoms with van der Waals surface area (Å²) in [5, 5.41) is 0. The molecule has 51 heavy (non-hydrogen) atoms. The molecule has 1 heteroatoms. The summed E-state index contributed by atoms with van der Waals surface area (Å²) >= 11 is 0. The van der Waals surface area contributed by atoms with Gasteiger partial charge in [0.1, 0.15) is 0 Å². The van der Waals surface area contributed by atoms with Crippen molar-refractivity contribution in [2.75, 3.05) is 13.2 Å². The molecule has 0 fully saturated rings. The highest BCUT2D eigenvalue weighted by Crippen LogP contribution is 2.17. The largest absolute Gasteiger partial charge is 0.381 e. The molecule has 0 aromatic carbocycles. The van der Waals surface area contributed by atoms with E-state index in [1.807, 2.05) is 0 Å². The van der Waals surface area contributed by atoms with Gasteiger partial charge in [-0.05, 0) is 12.8 Å². The number of hydrogen-bond acceptors (Lipinski definition) is 1. The summed E-state index contributed by atoms with van der Waals surface area (Å²) in [6.07, 6.45) is 67.0. The normalized spacial score (nSPS) is 11.6. The van der Waals surface area contributed by atoms with Crippen molar-refractivity contribution in [1.82, 2.24) is 0 Å². The first kappa shape index (κ1) is 51.0. The Morgan fingerprint density at radius 1 is 0.157 bits per heavy atom. The predicted octanol–water partition coefficient (Wildman–Crippen LogP) is 19.0. The minimum Gasteiger partial charge on any atom is -0.381 e. The van der Waals surface area contributed by atoms with Gasteiger partial charge in [-0.25, -0.2) is 0 Å². The monoisotopic (exact) mass is 719 g/mol. The van der Waals surface area contributed by atoms with Crippen LogP contribution in [-0.4, -0.2) is 13.2 Å². The molecule has 0 heterocycles. The second-order valence-corrected chi connectivity index (χ2v) is 17.2. The first-order valence-corrected chi connectivity index (χ1v) is 25.0. The van der Waals surface area contributed by atoms with E-state index in [9.17, 15) is 0 Å². The number of unbranched alkanes of at least 4 members (excludes halogenated alkanes) is 44. The number of hydrogen-bond donors (Lipinski definition) is 0. The third-order valence-corrected chi connectivity index (χ3v) is 11.8. The van der Waals surface area contributed by atoms with E-state index in [0.29, 0.717) is 0 Å². The molecular weight excluding hydrogens is 617 g/mol. The smallest absolute Gasteiger partial charge is 0.0466 e. The Bertz CT molecular complexity index is 509. The predicted molar refractivity (Wildman–Crippen MR) is 235 cm³/mol. The Morgan fingerprint density at radius 2 is 0.275 bits per heavy atom. The third kappa shape index (κ3) is 50.0. The average molecular weight is 719 g/mol. The second kappa shape index (κ2) is 50.0. The van der Waals surface area contributed by atoms with Crippen molar-refractivity contribution in [1.29, 1.82) is 0 Å². The van der Waals surface area contributed by atoms with Gasteiger partial charge in [0.15, 0.2) is 0 Å². The Morgan fingerprint density at radius 3 is 0.412 bits per heavy atom. The Labute approximate surface area is 326 Å². The van der Waals surface area contributed by atoms with E-state index in [2.05, 4.69) is 13.8 Å². The van der Waals surface area contributed by atoms with E-state index in [-0.39, 0.29) is 0 Å². The Kier molecular flexibility index (Phi) is 49.9. The molecule has 0 aromatic rings. The summed E-state index contributed by atoms with van der Waals surface area (Å²) in [5.41, 5.74) is 0. The van der Waals surface area contributed by atoms with Gasteiger partial charge in [-0.2, -0.15) is 0 Å². The van der Waals surface area contributed by atoms with Crippen LogP contribution in [0.5, 0.6) is 0 Å². The van der Waals surface area contributed by atoms with E-state index in [4.69, 9.17) is 4.74 Å². The Hall–Kier alpha value is -0.0400. The minimum absolute atomic E-state index is 0.998. The van der Waals surface area contributed by atoms with Crippen LogP contribution in [0.3, 0.4) is 0 Å². The van der Waals surface area contributed by atoms with Crippen molar-refractivity contribution < 1.29 is 4.74 Å². The molecule has 0 aliphatic heterocycles. The summed E-state index contributed by atoms with van der Waals surface area (Å²) < 4.78 is 5.93. The van der Waals surface area contributed by atoms with Crippen molar-refractivity contribution in [3.05, 3.63) is 0 Å². The van der Waals surface area contributed by atoms with Crippen molar-refractivity contribution >= 4 is 0 Å². The maximum absolute atomic E-state index is 5.93. The van der Waals surface area contributed by atoms with Gasteiger partial charge >= 0.3 is 0 Å². The van der Waals surface area contributed by atoms with Crippen LogP contribution < -0.4 is 0 Å². The van der Waals surface area contributed by atoms with Gasteiger partial charge in [-0.3, -0.25) is 0 Å². The zero-order valence-corrected chi connectivity index (χ0v) is 36.3. The molecule has 0 saturated carbocycles. The fourth-order valence-corrected chi connectivity index (χ4v) is 8.08. The maximum Gasteiger partial charge on any atom is 0.0466 e. The SMILES string of the molecule is CCCCCCCCCCCCCCCCCCCCCCCCCCOCCCCCCCCCCCCCCCCCCCCCCCC. The van der Waals surface area contributed by atoms with Crippen LogP contribution in [0.15, 0.2) is 0 Å². The summed E-state index contributed by atoms with van der Waals surface area (Å²) in [6, 6.07) is 0. The fourth-order valence-electron chi connectivity index (χ4n) is 8.08. The number of rotatable bonds is 48. The van der Waals surface area contributed by atoms with Crippen LogP contribution >= 0.6 is 0 Å². The molecular formula is C50H102O. The molecule has 0 atom stereocenters. The molecule has 0 N–H and O–H groups in total. The van der Waals surface area contributed by atoms with Crippen LogP contribution in [0.1, 0.15) is 309 Å². The molecule has 0 radical (unpaired) electrons. The van der Waals surface area contributed by atoms with Gasteiger partial charge in [0.25, 0.3) is 0 Å². The molecule has 0 aliphatic rings. The molecule has 1 nitrogen and oxygen atoms in total. The lowest BCUT2D eigenvalue weighted by molar-refractivity contribution is 0.125. The van der Waals surface area contributed by atoms with Gasteiger partial charge in [-0.1, -0.05) is 296 Å². The van der Waals surface area contributed by atoms with E-state index < -0.39 is 0 Å². The van der Waals surface area contributed by atoms with Crippen molar-refractivity contribution in [2.45, 2.75) is 309 Å². The topological polar surface area (TPSA) is 9.23 Å². The molecule has 0 aliphatic carbocycles. The standard InChI is InChI=1S/C50H102O/c1-3-5-7-9-11-13-15-17-19-21-23-25-27-28-30-32-34-36-38-40-42-44-46-48-50-51-49-47-45-43-41-39-37-35-33-31-29-26-24-22-20-18-16-14-12-10-8-6-4-2/h3-50H2,1-2H3. The highest BCUT2D eigenvalue weighted by Gasteiger charge is 1.99. The van der Waals surface area contributed by atoms with E-state index >= 15 is 0 Å². The van der Waals surface area contributed by atoms with E-state index in [0.717, 1.165) is 13.2 Å². The van der Waals surface area contributed by atoms with Crippen LogP contribution in [0.2, 0.25) is 0 Å². The Balaban J connectivity index is 3.04. The molecule has 0 bridgehead atoms. The zero-order valence-electron chi connectivity index (χ0n) is 36.3. The fraction of sp³-hybridized carbons (Fsp3) is 1.00. The lowest BCUT2D eigenvalue weighted by Gasteiger charge is -2.06. The molecule has 308 valence electrons. The van der Waals surface area contributed by atoms with Crippen LogP contribution in [-0.2, 0) is 4.74 Å². The van der Waals surface area contributed by atoms with Gasteiger partial charge < -0.3 is 4.74 Å². The molecule has 0 aromatic heterocycles. The highest BCUT2D eigenvalue weighted by molar-refractivity contribution is 4.54. The summed E-state index contributed by atoms with van der Waals surface area (Å²) in [5.74, 6) is 0. The quantitative estimate of drug-likeness (QED) is 0.0569.